The van der Waals surface area contributed by atoms with Gasteiger partial charge in [0.2, 0.25) is 10.0 Å². The van der Waals surface area contributed by atoms with Gasteiger partial charge in [-0.15, -0.1) is 11.3 Å². The SMILES string of the molecule is O=S(=O)(c1cc(C(F)(F)F)ccc1Cl)N1CCN(CC(O)COCc2cccs2)CC1. The summed E-state index contributed by atoms with van der Waals surface area (Å²) < 4.78 is 71.3. The van der Waals surface area contributed by atoms with Gasteiger partial charge in [0.15, 0.2) is 0 Å². The quantitative estimate of drug-likeness (QED) is 0.605. The van der Waals surface area contributed by atoms with Crippen molar-refractivity contribution in [2.24, 2.45) is 0 Å². The summed E-state index contributed by atoms with van der Waals surface area (Å²) in [7, 11) is -4.18. The molecule has 1 aromatic carbocycles. The molecule has 1 unspecified atom stereocenters. The lowest BCUT2D eigenvalue weighted by atomic mass is 10.2. The Morgan fingerprint density at radius 3 is 2.52 bits per heavy atom. The summed E-state index contributed by atoms with van der Waals surface area (Å²) >= 11 is 7.47. The second-order valence-corrected chi connectivity index (χ2v) is 10.4. The van der Waals surface area contributed by atoms with E-state index in [9.17, 15) is 26.7 Å². The molecule has 0 bridgehead atoms. The van der Waals surface area contributed by atoms with Crippen LogP contribution in [-0.2, 0) is 27.5 Å². The van der Waals surface area contributed by atoms with Crippen LogP contribution in [0.2, 0.25) is 5.02 Å². The summed E-state index contributed by atoms with van der Waals surface area (Å²) in [5, 5.41) is 11.8. The van der Waals surface area contributed by atoms with E-state index in [2.05, 4.69) is 0 Å². The topological polar surface area (TPSA) is 70.1 Å². The van der Waals surface area contributed by atoms with E-state index < -0.39 is 32.8 Å². The molecular weight excluding hydrogens is 477 g/mol. The molecule has 31 heavy (non-hydrogen) atoms. The van der Waals surface area contributed by atoms with Crippen LogP contribution in [-0.4, -0.2) is 68.2 Å². The van der Waals surface area contributed by atoms with Crippen LogP contribution < -0.4 is 0 Å². The van der Waals surface area contributed by atoms with Gasteiger partial charge in [0.05, 0.1) is 29.9 Å². The standard InChI is InChI=1S/C19H22ClF3N2O4S2/c20-17-4-3-14(19(21,22)23)10-18(17)31(27,28)25-7-5-24(6-8-25)11-15(26)12-29-13-16-2-1-9-30-16/h1-4,9-10,15,26H,5-8,11-13H2. The van der Waals surface area contributed by atoms with E-state index >= 15 is 0 Å². The fourth-order valence-corrected chi connectivity index (χ4v) is 5.77. The summed E-state index contributed by atoms with van der Waals surface area (Å²) in [5.74, 6) is 0. The van der Waals surface area contributed by atoms with Crippen LogP contribution in [0.3, 0.4) is 0 Å². The molecule has 6 nitrogen and oxygen atoms in total. The molecule has 1 N–H and O–H groups in total. The van der Waals surface area contributed by atoms with Gasteiger partial charge in [-0.2, -0.15) is 17.5 Å². The number of sulfonamides is 1. The fourth-order valence-electron chi connectivity index (χ4n) is 3.21. The maximum atomic E-state index is 13.0. The number of benzene rings is 1. The number of ether oxygens (including phenoxy) is 1. The lowest BCUT2D eigenvalue weighted by molar-refractivity contribution is -0.137. The zero-order valence-electron chi connectivity index (χ0n) is 16.4. The van der Waals surface area contributed by atoms with Crippen LogP contribution in [0.4, 0.5) is 13.2 Å². The molecule has 1 aromatic heterocycles. The minimum atomic E-state index is -4.67. The van der Waals surface area contributed by atoms with Gasteiger partial charge < -0.3 is 9.84 Å². The number of alkyl halides is 3. The van der Waals surface area contributed by atoms with E-state index in [1.165, 1.54) is 0 Å². The molecule has 1 aliphatic heterocycles. The number of hydrogen-bond acceptors (Lipinski definition) is 6. The van der Waals surface area contributed by atoms with Crippen molar-refractivity contribution in [2.75, 3.05) is 39.3 Å². The van der Waals surface area contributed by atoms with E-state index in [0.29, 0.717) is 32.3 Å². The van der Waals surface area contributed by atoms with Gasteiger partial charge >= 0.3 is 6.18 Å². The number of rotatable bonds is 8. The lowest BCUT2D eigenvalue weighted by Crippen LogP contribution is -2.50. The van der Waals surface area contributed by atoms with E-state index in [1.807, 2.05) is 22.4 Å². The third kappa shape index (κ3) is 6.41. The summed E-state index contributed by atoms with van der Waals surface area (Å²) in [4.78, 5) is 2.39. The van der Waals surface area contributed by atoms with Crippen molar-refractivity contribution < 1.29 is 31.4 Å². The van der Waals surface area contributed by atoms with Crippen LogP contribution in [0.25, 0.3) is 0 Å². The van der Waals surface area contributed by atoms with Gasteiger partial charge in [0.25, 0.3) is 0 Å². The van der Waals surface area contributed by atoms with Gasteiger partial charge in [0, 0.05) is 37.6 Å². The Hall–Kier alpha value is -1.21. The summed E-state index contributed by atoms with van der Waals surface area (Å²) in [6, 6.07) is 6.12. The maximum absolute atomic E-state index is 13.0. The molecule has 0 amide bonds. The zero-order valence-corrected chi connectivity index (χ0v) is 18.8. The predicted molar refractivity (Wildman–Crippen MR) is 112 cm³/mol. The number of hydrogen-bond donors (Lipinski definition) is 1. The number of β-amino-alcohol motifs (C(OH)–C–C–N with tert-alkyl or cyclic N) is 1. The van der Waals surface area contributed by atoms with Gasteiger partial charge in [-0.25, -0.2) is 8.42 Å². The summed E-state index contributed by atoms with van der Waals surface area (Å²) in [6.07, 6.45) is -5.41. The number of aliphatic hydroxyl groups excluding tert-OH is 1. The summed E-state index contributed by atoms with van der Waals surface area (Å²) in [5.41, 5.74) is -1.07. The largest absolute Gasteiger partial charge is 0.416 e. The maximum Gasteiger partial charge on any atom is 0.416 e. The van der Waals surface area contributed by atoms with E-state index in [-0.39, 0.29) is 24.7 Å². The molecule has 12 heteroatoms. The highest BCUT2D eigenvalue weighted by Crippen LogP contribution is 2.34. The molecule has 0 spiro atoms. The Morgan fingerprint density at radius 1 is 1.19 bits per heavy atom. The Kier molecular flexibility index (Phi) is 8.00. The molecular formula is C19H22ClF3N2O4S2. The molecule has 2 aromatic rings. The molecule has 3 rings (SSSR count). The Balaban J connectivity index is 1.54. The van der Waals surface area contributed by atoms with Crippen molar-refractivity contribution in [2.45, 2.75) is 23.8 Å². The highest BCUT2D eigenvalue weighted by atomic mass is 35.5. The van der Waals surface area contributed by atoms with Crippen molar-refractivity contribution in [1.82, 2.24) is 9.21 Å². The second kappa shape index (κ2) is 10.2. The van der Waals surface area contributed by atoms with Crippen molar-refractivity contribution in [3.63, 3.8) is 0 Å². The van der Waals surface area contributed by atoms with E-state index in [0.717, 1.165) is 21.3 Å². The van der Waals surface area contributed by atoms with E-state index in [1.54, 1.807) is 11.3 Å². The van der Waals surface area contributed by atoms with Crippen molar-refractivity contribution in [3.8, 4) is 0 Å². The predicted octanol–water partition coefficient (Wildman–Crippen LogP) is 3.30. The lowest BCUT2D eigenvalue weighted by Gasteiger charge is -2.35. The molecule has 0 aliphatic carbocycles. The first-order valence-electron chi connectivity index (χ1n) is 9.45. The average molecular weight is 499 g/mol. The number of halogens is 4. The molecule has 1 saturated heterocycles. The molecule has 1 aliphatic rings. The minimum absolute atomic E-state index is 0.0810. The molecule has 1 atom stereocenters. The van der Waals surface area contributed by atoms with Gasteiger partial charge in [-0.05, 0) is 29.6 Å². The van der Waals surface area contributed by atoms with Gasteiger partial charge in [0.1, 0.15) is 4.90 Å². The monoisotopic (exact) mass is 498 g/mol. The highest BCUT2D eigenvalue weighted by molar-refractivity contribution is 7.89. The van der Waals surface area contributed by atoms with Crippen molar-refractivity contribution >= 4 is 33.0 Å². The smallest absolute Gasteiger partial charge is 0.389 e. The summed E-state index contributed by atoms with van der Waals surface area (Å²) in [6.45, 7) is 1.70. The average Bonchev–Trinajstić information content (AvgIpc) is 3.21. The van der Waals surface area contributed by atoms with Crippen LogP contribution in [0, 0.1) is 0 Å². The molecule has 172 valence electrons. The second-order valence-electron chi connectivity index (χ2n) is 7.10. The van der Waals surface area contributed by atoms with E-state index in [4.69, 9.17) is 16.3 Å². The molecule has 2 heterocycles. The fraction of sp³-hybridized carbons (Fsp3) is 0.474. The number of aliphatic hydroxyl groups is 1. The highest BCUT2D eigenvalue weighted by Gasteiger charge is 2.35. The first-order chi connectivity index (χ1) is 14.6. The normalized spacial score (nSPS) is 17.7. The van der Waals surface area contributed by atoms with Crippen LogP contribution in [0.15, 0.2) is 40.6 Å². The Labute approximate surface area is 187 Å². The van der Waals surface area contributed by atoms with Crippen molar-refractivity contribution in [1.29, 1.82) is 0 Å². The molecule has 1 fully saturated rings. The third-order valence-electron chi connectivity index (χ3n) is 4.81. The number of nitrogens with zero attached hydrogens (tertiary/aromatic N) is 2. The van der Waals surface area contributed by atoms with Crippen LogP contribution in [0.5, 0.6) is 0 Å². The number of piperazine rings is 1. The molecule has 0 radical (unpaired) electrons. The Morgan fingerprint density at radius 2 is 1.90 bits per heavy atom. The first kappa shape index (κ1) is 24.4. The van der Waals surface area contributed by atoms with Crippen molar-refractivity contribution in [3.05, 3.63) is 51.2 Å². The minimum Gasteiger partial charge on any atom is -0.389 e. The zero-order chi connectivity index (χ0) is 22.6. The number of thiophene rings is 1. The Bertz CT molecular complexity index is 963. The van der Waals surface area contributed by atoms with Crippen LogP contribution in [0.1, 0.15) is 10.4 Å². The van der Waals surface area contributed by atoms with Gasteiger partial charge in [-0.1, -0.05) is 17.7 Å². The third-order valence-corrected chi connectivity index (χ3v) is 8.04. The van der Waals surface area contributed by atoms with Crippen LogP contribution >= 0.6 is 22.9 Å². The first-order valence-corrected chi connectivity index (χ1v) is 12.1. The van der Waals surface area contributed by atoms with Gasteiger partial charge in [-0.3, -0.25) is 4.90 Å². The molecule has 0 saturated carbocycles.